The number of aliphatic hydroxyl groups is 1. The van der Waals surface area contributed by atoms with E-state index in [9.17, 15) is 19.8 Å². The molecule has 7 nitrogen and oxygen atoms in total. The molecule has 0 aliphatic heterocycles. The molecule has 0 aromatic rings. The highest BCUT2D eigenvalue weighted by Crippen LogP contribution is 2.65. The van der Waals surface area contributed by atoms with Crippen LogP contribution in [-0.2, 0) is 14.4 Å². The first-order chi connectivity index (χ1) is 16.0. The van der Waals surface area contributed by atoms with Crippen molar-refractivity contribution < 1.29 is 24.6 Å². The fourth-order valence-electron chi connectivity index (χ4n) is 7.72. The molecule has 4 rings (SSSR count). The molecule has 0 bridgehead atoms. The quantitative estimate of drug-likeness (QED) is 0.477. The highest BCUT2D eigenvalue weighted by Gasteiger charge is 2.58. The summed E-state index contributed by atoms with van der Waals surface area (Å²) >= 11 is 0. The molecular formula is C27H42N2O5. The molecule has 0 aromatic heterocycles. The van der Waals surface area contributed by atoms with Gasteiger partial charge in [0.25, 0.3) is 5.91 Å². The minimum atomic E-state index is -1.03. The summed E-state index contributed by atoms with van der Waals surface area (Å²) in [6, 6.07) is -0.908. The van der Waals surface area contributed by atoms with Crippen LogP contribution < -0.4 is 5.32 Å². The Morgan fingerprint density at radius 1 is 1.15 bits per heavy atom. The van der Waals surface area contributed by atoms with Crippen molar-refractivity contribution in [1.82, 2.24) is 5.32 Å². The van der Waals surface area contributed by atoms with Gasteiger partial charge in [-0.15, -0.1) is 0 Å². The number of carboxylic acid groups (broad SMARTS) is 1. The Bertz CT molecular complexity index is 867. The van der Waals surface area contributed by atoms with E-state index < -0.39 is 17.9 Å². The van der Waals surface area contributed by atoms with Crippen LogP contribution in [0.4, 0.5) is 0 Å². The lowest BCUT2D eigenvalue weighted by atomic mass is 9.47. The van der Waals surface area contributed by atoms with Gasteiger partial charge in [-0.1, -0.05) is 38.4 Å². The Labute approximate surface area is 203 Å². The van der Waals surface area contributed by atoms with Crippen molar-refractivity contribution in [1.29, 1.82) is 0 Å². The zero-order valence-electron chi connectivity index (χ0n) is 21.2. The van der Waals surface area contributed by atoms with E-state index in [1.807, 2.05) is 13.8 Å². The first-order valence-electron chi connectivity index (χ1n) is 13.1. The Balaban J connectivity index is 1.37. The lowest BCUT2D eigenvalue weighted by molar-refractivity contribution is -0.143. The molecule has 3 N–H and O–H groups in total. The molecule has 0 spiro atoms. The molecule has 7 atom stereocenters. The number of rotatable bonds is 7. The summed E-state index contributed by atoms with van der Waals surface area (Å²) in [6.45, 7) is 8.31. The van der Waals surface area contributed by atoms with Gasteiger partial charge in [-0.05, 0) is 98.4 Å². The van der Waals surface area contributed by atoms with E-state index in [1.54, 1.807) is 0 Å². The van der Waals surface area contributed by atoms with Crippen molar-refractivity contribution in [2.45, 2.75) is 97.6 Å². The van der Waals surface area contributed by atoms with Gasteiger partial charge in [0.2, 0.25) is 0 Å². The van der Waals surface area contributed by atoms with Crippen LogP contribution in [0.2, 0.25) is 0 Å². The minimum absolute atomic E-state index is 0.100. The average molecular weight is 475 g/mol. The van der Waals surface area contributed by atoms with E-state index in [2.05, 4.69) is 30.4 Å². The minimum Gasteiger partial charge on any atom is -0.480 e. The van der Waals surface area contributed by atoms with Crippen LogP contribution in [0.15, 0.2) is 16.8 Å². The monoisotopic (exact) mass is 474 g/mol. The molecule has 1 amide bonds. The normalized spacial score (nSPS) is 39.0. The third-order valence-corrected chi connectivity index (χ3v) is 9.65. The van der Waals surface area contributed by atoms with Gasteiger partial charge in [0.15, 0.2) is 6.61 Å². The zero-order chi connectivity index (χ0) is 24.7. The van der Waals surface area contributed by atoms with E-state index in [1.165, 1.54) is 18.4 Å². The maximum absolute atomic E-state index is 12.2. The largest absolute Gasteiger partial charge is 0.480 e. The maximum Gasteiger partial charge on any atom is 0.326 e. The summed E-state index contributed by atoms with van der Waals surface area (Å²) < 4.78 is 0. The molecule has 190 valence electrons. The number of aliphatic hydroxyl groups excluding tert-OH is 1. The van der Waals surface area contributed by atoms with E-state index in [-0.39, 0.29) is 29.5 Å². The maximum atomic E-state index is 12.2. The second kappa shape index (κ2) is 9.63. The topological polar surface area (TPSA) is 108 Å². The molecule has 34 heavy (non-hydrogen) atoms. The molecular weight excluding hydrogens is 432 g/mol. The lowest BCUT2D eigenvalue weighted by Crippen LogP contribution is -2.51. The van der Waals surface area contributed by atoms with Crippen molar-refractivity contribution >= 4 is 17.6 Å². The summed E-state index contributed by atoms with van der Waals surface area (Å²) in [5.41, 5.74) is 2.60. The smallest absolute Gasteiger partial charge is 0.326 e. The third kappa shape index (κ3) is 4.65. The van der Waals surface area contributed by atoms with Gasteiger partial charge in [0.05, 0.1) is 11.8 Å². The van der Waals surface area contributed by atoms with Gasteiger partial charge in [-0.2, -0.15) is 0 Å². The standard InChI is InChI=1S/C27H42N2O5/c1-16(2)13-22(25(32)33)28-24(31)15-34-29-18-9-11-26(3)17(14-18)5-6-19-20-7-8-23(30)27(20,4)12-10-21(19)26/h14,16,19-23,30H,5-13,15H2,1-4H3,(H,28,31)(H,32,33)/b29-18+/t19-,20+,21-,22-,23-,26-,27-/m0/s1. The zero-order valence-corrected chi connectivity index (χ0v) is 21.2. The Kier molecular flexibility index (Phi) is 7.14. The van der Waals surface area contributed by atoms with E-state index in [0.717, 1.165) is 44.2 Å². The van der Waals surface area contributed by atoms with Gasteiger partial charge in [-0.3, -0.25) is 4.79 Å². The van der Waals surface area contributed by atoms with Gasteiger partial charge >= 0.3 is 5.97 Å². The highest BCUT2D eigenvalue weighted by atomic mass is 16.6. The predicted molar refractivity (Wildman–Crippen MR) is 130 cm³/mol. The molecule has 0 unspecified atom stereocenters. The van der Waals surface area contributed by atoms with E-state index in [4.69, 9.17) is 4.84 Å². The number of carboxylic acids is 1. The summed E-state index contributed by atoms with van der Waals surface area (Å²) in [5.74, 6) is 0.674. The SMILES string of the molecule is CC(C)C[C@H](NC(=O)CO/N=C1/C=C2CC[C@H]3[C@H]4CC[C@H](O)[C@@]4(C)CC[C@@H]3[C@@]2(C)CC1)C(=O)O. The summed E-state index contributed by atoms with van der Waals surface area (Å²) in [5, 5.41) is 26.7. The summed E-state index contributed by atoms with van der Waals surface area (Å²) in [4.78, 5) is 28.8. The van der Waals surface area contributed by atoms with Crippen molar-refractivity contribution in [3.63, 3.8) is 0 Å². The number of allylic oxidation sites excluding steroid dienone is 2. The Hall–Kier alpha value is -1.89. The fraction of sp³-hybridized carbons (Fsp3) is 0.815. The van der Waals surface area contributed by atoms with Crippen LogP contribution in [-0.4, -0.2) is 46.6 Å². The molecule has 3 saturated carbocycles. The van der Waals surface area contributed by atoms with Crippen LogP contribution >= 0.6 is 0 Å². The highest BCUT2D eigenvalue weighted by molar-refractivity contribution is 5.96. The number of carbonyl (C=O) groups is 2. The Morgan fingerprint density at radius 2 is 1.91 bits per heavy atom. The molecule has 0 aromatic carbocycles. The fourth-order valence-corrected chi connectivity index (χ4v) is 7.72. The van der Waals surface area contributed by atoms with Crippen molar-refractivity contribution in [2.75, 3.05) is 6.61 Å². The van der Waals surface area contributed by atoms with Crippen LogP contribution in [0.5, 0.6) is 0 Å². The Morgan fingerprint density at radius 3 is 2.62 bits per heavy atom. The average Bonchev–Trinajstić information content (AvgIpc) is 3.07. The van der Waals surface area contributed by atoms with Crippen LogP contribution in [0.3, 0.4) is 0 Å². The van der Waals surface area contributed by atoms with Gasteiger partial charge < -0.3 is 20.4 Å². The number of amides is 1. The van der Waals surface area contributed by atoms with Crippen LogP contribution in [0.1, 0.15) is 85.5 Å². The molecule has 0 saturated heterocycles. The molecule has 3 fully saturated rings. The molecule has 0 heterocycles. The van der Waals surface area contributed by atoms with Crippen LogP contribution in [0, 0.1) is 34.5 Å². The number of nitrogens with zero attached hydrogens (tertiary/aromatic N) is 1. The number of aliphatic carboxylic acids is 1. The van der Waals surface area contributed by atoms with E-state index in [0.29, 0.717) is 24.2 Å². The molecule has 4 aliphatic rings. The number of oxime groups is 1. The second-order valence-corrected chi connectivity index (χ2v) is 12.1. The molecule has 7 heteroatoms. The predicted octanol–water partition coefficient (Wildman–Crippen LogP) is 4.30. The van der Waals surface area contributed by atoms with Crippen molar-refractivity contribution in [3.05, 3.63) is 11.6 Å². The first-order valence-corrected chi connectivity index (χ1v) is 13.1. The number of hydrogen-bond acceptors (Lipinski definition) is 5. The molecule has 4 aliphatic carbocycles. The van der Waals surface area contributed by atoms with E-state index >= 15 is 0 Å². The van der Waals surface area contributed by atoms with Crippen LogP contribution in [0.25, 0.3) is 0 Å². The van der Waals surface area contributed by atoms with Crippen molar-refractivity contribution in [2.24, 2.45) is 39.7 Å². The number of carbonyl (C=O) groups excluding carboxylic acids is 1. The van der Waals surface area contributed by atoms with Gasteiger partial charge in [0.1, 0.15) is 6.04 Å². The number of fused-ring (bicyclic) bond motifs is 5. The number of hydrogen-bond donors (Lipinski definition) is 3. The second-order valence-electron chi connectivity index (χ2n) is 12.1. The summed E-state index contributed by atoms with van der Waals surface area (Å²) in [6.07, 6.45) is 11.0. The van der Waals surface area contributed by atoms with Crippen molar-refractivity contribution in [3.8, 4) is 0 Å². The number of nitrogens with one attached hydrogen (secondary N) is 1. The molecule has 0 radical (unpaired) electrons. The first kappa shape index (κ1) is 25.2. The lowest BCUT2D eigenvalue weighted by Gasteiger charge is -2.57. The summed E-state index contributed by atoms with van der Waals surface area (Å²) in [7, 11) is 0. The van der Waals surface area contributed by atoms with Gasteiger partial charge in [0, 0.05) is 0 Å². The third-order valence-electron chi connectivity index (χ3n) is 9.65. The van der Waals surface area contributed by atoms with Gasteiger partial charge in [-0.25, -0.2) is 4.79 Å².